The lowest BCUT2D eigenvalue weighted by Gasteiger charge is -2.30. The van der Waals surface area contributed by atoms with Crippen LogP contribution in [0.15, 0.2) is 12.7 Å². The molecule has 280 valence electrons. The molecule has 49 heavy (non-hydrogen) atoms. The van der Waals surface area contributed by atoms with Crippen molar-refractivity contribution in [1.82, 2.24) is 36.3 Å². The van der Waals surface area contributed by atoms with E-state index < -0.39 is 78.6 Å². The lowest BCUT2D eigenvalue weighted by molar-refractivity contribution is -0.137. The Morgan fingerprint density at radius 2 is 1.76 bits per heavy atom. The minimum atomic E-state index is -5.54. The summed E-state index contributed by atoms with van der Waals surface area (Å²) in [5.41, 5.74) is 4.30. The molecule has 28 heteroatoms. The molecular formula is C21H39N8O16P3S. The predicted molar refractivity (Wildman–Crippen MR) is 169 cm³/mol. The van der Waals surface area contributed by atoms with Crippen molar-refractivity contribution in [3.8, 4) is 0 Å². The number of phosphoric ester groups is 3. The van der Waals surface area contributed by atoms with Gasteiger partial charge in [-0.05, 0) is 0 Å². The molecule has 0 radical (unpaired) electrons. The fourth-order valence-corrected chi connectivity index (χ4v) is 7.08. The summed E-state index contributed by atoms with van der Waals surface area (Å²) in [6.07, 6.45) is -6.74. The third-order valence-electron chi connectivity index (χ3n) is 6.51. The average molecular weight is 785 g/mol. The van der Waals surface area contributed by atoms with E-state index in [4.69, 9.17) is 19.5 Å². The Bertz CT molecular complexity index is 1600. The third kappa shape index (κ3) is 12.2. The van der Waals surface area contributed by atoms with E-state index in [1.54, 1.807) is 0 Å². The molecule has 1 saturated heterocycles. The molecule has 0 spiro atoms. The van der Waals surface area contributed by atoms with E-state index in [1.165, 1.54) is 13.8 Å². The Morgan fingerprint density at radius 3 is 2.39 bits per heavy atom. The smallest absolute Gasteiger partial charge is 0.386 e. The van der Waals surface area contributed by atoms with E-state index in [0.29, 0.717) is 12.3 Å². The first-order valence-corrected chi connectivity index (χ1v) is 18.8. The van der Waals surface area contributed by atoms with Gasteiger partial charge in [-0.2, -0.15) is 16.9 Å². The third-order valence-corrected chi connectivity index (χ3v) is 9.83. The number of aliphatic hydroxyl groups is 2. The number of carbonyl (C=O) groups is 2. The van der Waals surface area contributed by atoms with Gasteiger partial charge in [0.1, 0.15) is 36.3 Å². The van der Waals surface area contributed by atoms with Crippen LogP contribution in [0.3, 0.4) is 0 Å². The molecule has 0 aromatic carbocycles. The van der Waals surface area contributed by atoms with Crippen molar-refractivity contribution in [2.75, 3.05) is 37.8 Å². The van der Waals surface area contributed by atoms with Crippen molar-refractivity contribution in [2.45, 2.75) is 50.9 Å². The number of aromatic nitrogens is 4. The van der Waals surface area contributed by atoms with Crippen LogP contribution in [-0.4, -0.2) is 118 Å². The summed E-state index contributed by atoms with van der Waals surface area (Å²) in [5, 5.41) is 26.1. The molecule has 2 amide bonds. The number of anilines is 1. The topological polar surface area (TPSA) is 382 Å². The minimum Gasteiger partial charge on any atom is -0.386 e. The van der Waals surface area contributed by atoms with Gasteiger partial charge >= 0.3 is 23.5 Å². The molecule has 0 saturated carbocycles. The van der Waals surface area contributed by atoms with E-state index in [2.05, 4.69) is 47.0 Å². The molecular weight excluding hydrogens is 745 g/mol. The summed E-state index contributed by atoms with van der Waals surface area (Å²) in [7, 11) is -16.3. The van der Waals surface area contributed by atoms with Crippen LogP contribution in [0.5, 0.6) is 0 Å². The first-order valence-electron chi connectivity index (χ1n) is 13.7. The first kappa shape index (κ1) is 43.0. The van der Waals surface area contributed by atoms with Crippen LogP contribution in [0, 0.1) is 5.41 Å². The maximum absolute atomic E-state index is 12.6. The molecule has 1 fully saturated rings. The number of carbonyl (C=O) groups excluding carboxylic acids is 2. The van der Waals surface area contributed by atoms with Gasteiger partial charge in [0, 0.05) is 30.7 Å². The Balaban J connectivity index is 0.00000833. The zero-order valence-corrected chi connectivity index (χ0v) is 29.5. The quantitative estimate of drug-likeness (QED) is 0.0605. The highest BCUT2D eigenvalue weighted by Gasteiger charge is 2.50. The molecule has 1 aliphatic rings. The van der Waals surface area contributed by atoms with Crippen molar-refractivity contribution < 1.29 is 75.7 Å². The standard InChI is InChI=1S/C21H36N7O16P3S.H3N/c1-21(2,16(31)19(32)24-4-3-12(29)23-5-6-48)8-41-47(38,39)44-46(36,37)40-7-11-15(43-45(33,34)35)14(30)20(42-11)28-10-27-13-17(22)25-9-26-18(13)28;/h9-11,14-16,20,30-31,48H,3-8H2,1-2H3,(H,23,29)(H,24,32)(H,36,37)(H,38,39)(H2,22,25,26)(H2,33,34,35);1H3/t11-,14-,15-,16+,20-;/m1./s1. The molecule has 1 aliphatic heterocycles. The largest absolute Gasteiger partial charge is 0.481 e. The number of phosphoric acid groups is 3. The van der Waals surface area contributed by atoms with Gasteiger partial charge in [0.05, 0.1) is 19.5 Å². The highest BCUT2D eigenvalue weighted by Crippen LogP contribution is 2.61. The van der Waals surface area contributed by atoms with Crippen LogP contribution >= 0.6 is 36.1 Å². The minimum absolute atomic E-state index is 0. The van der Waals surface area contributed by atoms with Crippen LogP contribution in [0.1, 0.15) is 26.5 Å². The molecule has 2 unspecified atom stereocenters. The number of fused-ring (bicyclic) bond motifs is 1. The van der Waals surface area contributed by atoms with Gasteiger partial charge in [-0.25, -0.2) is 28.6 Å². The van der Waals surface area contributed by atoms with Gasteiger partial charge in [-0.1, -0.05) is 13.8 Å². The summed E-state index contributed by atoms with van der Waals surface area (Å²) >= 11 is 3.95. The van der Waals surface area contributed by atoms with Crippen molar-refractivity contribution in [3.63, 3.8) is 0 Å². The summed E-state index contributed by atoms with van der Waals surface area (Å²) in [6.45, 7) is 0.723. The number of nitrogens with one attached hydrogen (secondary N) is 2. The predicted octanol–water partition coefficient (Wildman–Crippen LogP) is -1.50. The number of hydrogen-bond acceptors (Lipinski definition) is 18. The van der Waals surface area contributed by atoms with Gasteiger partial charge in [0.2, 0.25) is 11.8 Å². The van der Waals surface area contributed by atoms with E-state index in [-0.39, 0.29) is 42.0 Å². The van der Waals surface area contributed by atoms with Crippen LogP contribution in [0.2, 0.25) is 0 Å². The van der Waals surface area contributed by atoms with Crippen molar-refractivity contribution in [1.29, 1.82) is 0 Å². The summed E-state index contributed by atoms with van der Waals surface area (Å²) in [5.74, 6) is -0.943. The number of nitrogens with two attached hydrogens (primary N) is 1. The number of rotatable bonds is 18. The zero-order valence-electron chi connectivity index (χ0n) is 25.9. The number of amides is 2. The van der Waals surface area contributed by atoms with Crippen molar-refractivity contribution in [3.05, 3.63) is 12.7 Å². The number of aliphatic hydroxyl groups excluding tert-OH is 2. The van der Waals surface area contributed by atoms with Crippen LogP contribution < -0.4 is 22.5 Å². The molecule has 13 N–H and O–H groups in total. The van der Waals surface area contributed by atoms with Crippen molar-refractivity contribution >= 4 is 64.9 Å². The number of thiol groups is 1. The van der Waals surface area contributed by atoms with Gasteiger partial charge in [-0.15, -0.1) is 0 Å². The number of hydrogen-bond donors (Lipinski definition) is 11. The van der Waals surface area contributed by atoms with E-state index in [1.807, 2.05) is 0 Å². The first-order chi connectivity index (χ1) is 22.2. The number of nitrogens with zero attached hydrogens (tertiary/aromatic N) is 4. The van der Waals surface area contributed by atoms with Crippen molar-refractivity contribution in [2.24, 2.45) is 5.41 Å². The Hall–Kier alpha value is -2.15. The molecule has 0 aliphatic carbocycles. The van der Waals surface area contributed by atoms with Crippen LogP contribution in [0.25, 0.3) is 11.2 Å². The fourth-order valence-electron chi connectivity index (χ4n) is 4.14. The average Bonchev–Trinajstić information content (AvgIpc) is 3.54. The Kier molecular flexibility index (Phi) is 15.3. The fraction of sp³-hybridized carbons (Fsp3) is 0.667. The number of ether oxygens (including phenoxy) is 1. The lowest BCUT2D eigenvalue weighted by atomic mass is 9.87. The molecule has 2 aromatic rings. The van der Waals surface area contributed by atoms with Gasteiger partial charge in [0.25, 0.3) is 0 Å². The van der Waals surface area contributed by atoms with Crippen LogP contribution in [-0.2, 0) is 45.9 Å². The monoisotopic (exact) mass is 784 g/mol. The zero-order chi connectivity index (χ0) is 36.1. The second-order valence-corrected chi connectivity index (χ2v) is 15.5. The number of imidazole rings is 1. The highest BCUT2D eigenvalue weighted by atomic mass is 32.1. The summed E-state index contributed by atoms with van der Waals surface area (Å²) < 4.78 is 61.7. The molecule has 7 atom stereocenters. The SMILES string of the molecule is CC(C)(COP(=O)(O)OP(=O)(O)OC[C@H]1O[C@@H](n2cnc3c(N)ncnc32)[C@H](O)[C@@H]1OP(=O)(O)O)[C@@H](O)C(=O)NCCC(=O)NCCS.N. The van der Waals surface area contributed by atoms with Gasteiger partial charge in [0.15, 0.2) is 17.7 Å². The second-order valence-electron chi connectivity index (χ2n) is 10.8. The molecule has 24 nitrogen and oxygen atoms in total. The summed E-state index contributed by atoms with van der Waals surface area (Å²) in [4.78, 5) is 74.6. The maximum Gasteiger partial charge on any atom is 0.481 e. The molecule has 0 bridgehead atoms. The Morgan fingerprint density at radius 1 is 1.10 bits per heavy atom. The maximum atomic E-state index is 12.6. The van der Waals surface area contributed by atoms with E-state index >= 15 is 0 Å². The summed E-state index contributed by atoms with van der Waals surface area (Å²) in [6, 6.07) is 0. The lowest BCUT2D eigenvalue weighted by Crippen LogP contribution is -2.46. The normalized spacial score (nSPS) is 22.9. The molecule has 2 aromatic heterocycles. The van der Waals surface area contributed by atoms with Gasteiger partial charge in [-0.3, -0.25) is 27.7 Å². The number of nitrogen functional groups attached to an aromatic ring is 1. The highest BCUT2D eigenvalue weighted by molar-refractivity contribution is 7.80. The Labute approximate surface area is 283 Å². The van der Waals surface area contributed by atoms with E-state index in [9.17, 15) is 53.1 Å². The van der Waals surface area contributed by atoms with Crippen LogP contribution in [0.4, 0.5) is 5.82 Å². The van der Waals surface area contributed by atoms with E-state index in [0.717, 1.165) is 17.2 Å². The molecule has 3 rings (SSSR count). The molecule has 3 heterocycles. The van der Waals surface area contributed by atoms with Gasteiger partial charge < -0.3 is 57.0 Å². The second kappa shape index (κ2) is 17.4.